The van der Waals surface area contributed by atoms with E-state index < -0.39 is 0 Å². The molecule has 0 saturated heterocycles. The molecule has 112 valence electrons. The zero-order chi connectivity index (χ0) is 15.3. The van der Waals surface area contributed by atoms with Crippen LogP contribution in [0.4, 0.5) is 0 Å². The third-order valence-electron chi connectivity index (χ3n) is 4.42. The van der Waals surface area contributed by atoms with Gasteiger partial charge in [-0.3, -0.25) is 0 Å². The molecule has 0 aromatic heterocycles. The molecule has 2 atom stereocenters. The lowest BCUT2D eigenvalue weighted by Gasteiger charge is -2.28. The first-order valence-corrected chi connectivity index (χ1v) is 7.83. The number of likely N-dealkylation sites (N-methyl/N-ethyl adjacent to an activating group) is 1. The van der Waals surface area contributed by atoms with Crippen molar-refractivity contribution in [3.63, 3.8) is 0 Å². The molecule has 1 nitrogen and oxygen atoms in total. The minimum atomic E-state index is 0.545. The Morgan fingerprint density at radius 1 is 1.45 bits per heavy atom. The monoisotopic (exact) mass is 273 g/mol. The van der Waals surface area contributed by atoms with Gasteiger partial charge in [-0.1, -0.05) is 52.5 Å². The molecule has 0 radical (unpaired) electrons. The summed E-state index contributed by atoms with van der Waals surface area (Å²) in [6, 6.07) is 0. The second-order valence-corrected chi connectivity index (χ2v) is 6.42. The first-order valence-electron chi connectivity index (χ1n) is 7.83. The highest BCUT2D eigenvalue weighted by atomic mass is 14.8. The molecule has 2 unspecified atom stereocenters. The third-order valence-corrected chi connectivity index (χ3v) is 4.42. The highest BCUT2D eigenvalue weighted by molar-refractivity contribution is 5.35. The summed E-state index contributed by atoms with van der Waals surface area (Å²) in [5.74, 6) is 1.73. The maximum Gasteiger partial charge on any atom is 0.0264 e. The molecule has 0 aromatic rings. The van der Waals surface area contributed by atoms with Gasteiger partial charge >= 0.3 is 0 Å². The summed E-state index contributed by atoms with van der Waals surface area (Å²) >= 11 is 0. The zero-order valence-corrected chi connectivity index (χ0v) is 13.9. The Kier molecular flexibility index (Phi) is 6.32. The SMILES string of the molecule is C=C(/C=C(\CC(C)C1=CCCC(C)C1=C)C(C)C)NC. The highest BCUT2D eigenvalue weighted by Gasteiger charge is 2.21. The minimum absolute atomic E-state index is 0.545. The van der Waals surface area contributed by atoms with Gasteiger partial charge in [0.15, 0.2) is 0 Å². The fraction of sp³-hybridized carbons (Fsp3) is 0.579. The van der Waals surface area contributed by atoms with E-state index in [0.717, 1.165) is 12.1 Å². The first kappa shape index (κ1) is 16.8. The maximum atomic E-state index is 4.31. The van der Waals surface area contributed by atoms with E-state index in [9.17, 15) is 0 Å². The minimum Gasteiger partial charge on any atom is -0.389 e. The van der Waals surface area contributed by atoms with E-state index in [1.54, 1.807) is 0 Å². The average Bonchev–Trinajstić information content (AvgIpc) is 2.40. The van der Waals surface area contributed by atoms with Crippen molar-refractivity contribution in [1.82, 2.24) is 5.32 Å². The zero-order valence-electron chi connectivity index (χ0n) is 13.9. The molecular weight excluding hydrogens is 242 g/mol. The molecule has 0 saturated carbocycles. The van der Waals surface area contributed by atoms with Crippen molar-refractivity contribution in [2.75, 3.05) is 7.05 Å². The topological polar surface area (TPSA) is 12.0 Å². The highest BCUT2D eigenvalue weighted by Crippen LogP contribution is 2.36. The lowest BCUT2D eigenvalue weighted by molar-refractivity contribution is 0.547. The van der Waals surface area contributed by atoms with E-state index in [1.165, 1.54) is 29.6 Å². The summed E-state index contributed by atoms with van der Waals surface area (Å²) in [5.41, 5.74) is 5.28. The van der Waals surface area contributed by atoms with Crippen LogP contribution in [-0.4, -0.2) is 7.05 Å². The molecule has 0 aromatic carbocycles. The van der Waals surface area contributed by atoms with Crippen LogP contribution < -0.4 is 5.32 Å². The van der Waals surface area contributed by atoms with Crippen LogP contribution in [0.15, 0.2) is 47.7 Å². The number of hydrogen-bond donors (Lipinski definition) is 1. The van der Waals surface area contributed by atoms with Gasteiger partial charge in [0.05, 0.1) is 0 Å². The van der Waals surface area contributed by atoms with E-state index in [0.29, 0.717) is 17.8 Å². The van der Waals surface area contributed by atoms with E-state index in [4.69, 9.17) is 0 Å². The maximum absolute atomic E-state index is 4.31. The molecule has 1 N–H and O–H groups in total. The van der Waals surface area contributed by atoms with Crippen molar-refractivity contribution in [2.45, 2.75) is 47.0 Å². The Balaban J connectivity index is 2.84. The molecule has 0 amide bonds. The molecule has 0 aliphatic heterocycles. The van der Waals surface area contributed by atoms with Crippen molar-refractivity contribution in [3.05, 3.63) is 47.7 Å². The lowest BCUT2D eigenvalue weighted by atomic mass is 9.77. The summed E-state index contributed by atoms with van der Waals surface area (Å²) in [5, 5.41) is 3.12. The van der Waals surface area contributed by atoms with Crippen LogP contribution in [0.5, 0.6) is 0 Å². The van der Waals surface area contributed by atoms with Crippen molar-refractivity contribution >= 4 is 0 Å². The number of allylic oxidation sites excluding steroid dienone is 5. The van der Waals surface area contributed by atoms with Crippen LogP contribution in [0.3, 0.4) is 0 Å². The number of rotatable bonds is 6. The molecule has 1 aliphatic carbocycles. The van der Waals surface area contributed by atoms with Gasteiger partial charge < -0.3 is 5.32 Å². The number of hydrogen-bond acceptors (Lipinski definition) is 1. The Bertz CT molecular complexity index is 423. The van der Waals surface area contributed by atoms with Crippen LogP contribution in [0.1, 0.15) is 47.0 Å². The Labute approximate surface area is 125 Å². The summed E-state index contributed by atoms with van der Waals surface area (Å²) < 4.78 is 0. The fourth-order valence-electron chi connectivity index (χ4n) is 2.82. The van der Waals surface area contributed by atoms with Crippen molar-refractivity contribution < 1.29 is 0 Å². The number of nitrogens with one attached hydrogen (secondary N) is 1. The third kappa shape index (κ3) is 4.40. The Morgan fingerprint density at radius 3 is 2.65 bits per heavy atom. The first-order chi connectivity index (χ1) is 9.36. The second kappa shape index (κ2) is 7.52. The average molecular weight is 273 g/mol. The molecule has 20 heavy (non-hydrogen) atoms. The molecule has 0 fully saturated rings. The van der Waals surface area contributed by atoms with Gasteiger partial charge in [0.2, 0.25) is 0 Å². The molecule has 1 heteroatoms. The summed E-state index contributed by atoms with van der Waals surface area (Å²) in [4.78, 5) is 0. The normalized spacial score (nSPS) is 21.7. The van der Waals surface area contributed by atoms with E-state index in [2.05, 4.69) is 58.3 Å². The van der Waals surface area contributed by atoms with E-state index in [-0.39, 0.29) is 0 Å². The molecule has 0 bridgehead atoms. The molecule has 0 heterocycles. The summed E-state index contributed by atoms with van der Waals surface area (Å²) in [6.45, 7) is 17.5. The molecule has 0 spiro atoms. The van der Waals surface area contributed by atoms with E-state index >= 15 is 0 Å². The standard InChI is InChI=1S/C19H31N/c1-13(2)18(12-16(5)20-7)11-15(4)19-10-8-9-14(3)17(19)6/h10,12-15,20H,5-6,8-9,11H2,1-4,7H3/b18-12+. The van der Waals surface area contributed by atoms with Crippen molar-refractivity contribution in [3.8, 4) is 0 Å². The van der Waals surface area contributed by atoms with Gasteiger partial charge in [0.1, 0.15) is 0 Å². The second-order valence-electron chi connectivity index (χ2n) is 6.42. The van der Waals surface area contributed by atoms with Gasteiger partial charge in [0, 0.05) is 12.7 Å². The van der Waals surface area contributed by atoms with Crippen LogP contribution in [0.25, 0.3) is 0 Å². The van der Waals surface area contributed by atoms with Gasteiger partial charge in [-0.15, -0.1) is 0 Å². The van der Waals surface area contributed by atoms with Crippen molar-refractivity contribution in [2.24, 2.45) is 17.8 Å². The largest absolute Gasteiger partial charge is 0.389 e. The van der Waals surface area contributed by atoms with Gasteiger partial charge in [-0.05, 0) is 54.2 Å². The Hall–Kier alpha value is -1.24. The molecular formula is C19H31N. The van der Waals surface area contributed by atoms with Crippen LogP contribution >= 0.6 is 0 Å². The quantitative estimate of drug-likeness (QED) is 0.652. The Morgan fingerprint density at radius 2 is 2.10 bits per heavy atom. The molecule has 1 rings (SSSR count). The van der Waals surface area contributed by atoms with Crippen LogP contribution in [0, 0.1) is 17.8 Å². The lowest BCUT2D eigenvalue weighted by Crippen LogP contribution is -2.14. The summed E-state index contributed by atoms with van der Waals surface area (Å²) in [7, 11) is 1.92. The predicted octanol–water partition coefficient (Wildman–Crippen LogP) is 5.24. The predicted molar refractivity (Wildman–Crippen MR) is 90.5 cm³/mol. The molecule has 1 aliphatic rings. The van der Waals surface area contributed by atoms with Crippen LogP contribution in [-0.2, 0) is 0 Å². The van der Waals surface area contributed by atoms with E-state index in [1.807, 2.05) is 7.05 Å². The van der Waals surface area contributed by atoms with Crippen molar-refractivity contribution in [1.29, 1.82) is 0 Å². The fourth-order valence-corrected chi connectivity index (χ4v) is 2.82. The van der Waals surface area contributed by atoms with Gasteiger partial charge in [-0.2, -0.15) is 0 Å². The van der Waals surface area contributed by atoms with Gasteiger partial charge in [0.25, 0.3) is 0 Å². The smallest absolute Gasteiger partial charge is 0.0264 e. The van der Waals surface area contributed by atoms with Gasteiger partial charge in [-0.25, -0.2) is 0 Å². The van der Waals surface area contributed by atoms with Crippen LogP contribution in [0.2, 0.25) is 0 Å². The summed E-state index contributed by atoms with van der Waals surface area (Å²) in [6.07, 6.45) is 8.15.